The van der Waals surface area contributed by atoms with Gasteiger partial charge in [-0.3, -0.25) is 14.5 Å². The molecular weight excluding hydrogens is 364 g/mol. The van der Waals surface area contributed by atoms with Gasteiger partial charge in [0, 0.05) is 49.4 Å². The molecule has 2 saturated heterocycles. The van der Waals surface area contributed by atoms with Gasteiger partial charge in [0.15, 0.2) is 0 Å². The van der Waals surface area contributed by atoms with Crippen molar-refractivity contribution in [2.24, 2.45) is 5.73 Å². The number of amides is 2. The molecule has 0 spiro atoms. The number of rotatable bonds is 5. The van der Waals surface area contributed by atoms with E-state index in [2.05, 4.69) is 22.3 Å². The SMILES string of the molecule is CC(C(=O)Nc1cccc(N2CCCC2=O)c1)N1C[C@@H](N)[C@H](c2ccccc2)C1. The van der Waals surface area contributed by atoms with Gasteiger partial charge in [0.2, 0.25) is 11.8 Å². The highest BCUT2D eigenvalue weighted by Crippen LogP contribution is 2.28. The summed E-state index contributed by atoms with van der Waals surface area (Å²) in [5.74, 6) is 0.312. The Kier molecular flexibility index (Phi) is 5.65. The first-order valence-electron chi connectivity index (χ1n) is 10.3. The molecule has 1 unspecified atom stereocenters. The first-order chi connectivity index (χ1) is 14.0. The van der Waals surface area contributed by atoms with Crippen LogP contribution in [0.2, 0.25) is 0 Å². The van der Waals surface area contributed by atoms with Crippen LogP contribution >= 0.6 is 0 Å². The number of anilines is 2. The van der Waals surface area contributed by atoms with Crippen molar-refractivity contribution >= 4 is 23.2 Å². The summed E-state index contributed by atoms with van der Waals surface area (Å²) in [6.45, 7) is 4.11. The molecule has 3 N–H and O–H groups in total. The van der Waals surface area contributed by atoms with Crippen LogP contribution in [0.5, 0.6) is 0 Å². The number of likely N-dealkylation sites (tertiary alicyclic amines) is 1. The Hall–Kier alpha value is -2.70. The normalized spacial score (nSPS) is 23.4. The van der Waals surface area contributed by atoms with Crippen LogP contribution in [0.1, 0.15) is 31.2 Å². The monoisotopic (exact) mass is 392 g/mol. The Morgan fingerprint density at radius 1 is 1.14 bits per heavy atom. The molecule has 0 saturated carbocycles. The number of nitrogens with zero attached hydrogens (tertiary/aromatic N) is 2. The number of hydrogen-bond acceptors (Lipinski definition) is 4. The van der Waals surface area contributed by atoms with E-state index in [1.807, 2.05) is 49.4 Å². The minimum Gasteiger partial charge on any atom is -0.326 e. The van der Waals surface area contributed by atoms with E-state index in [0.717, 1.165) is 25.2 Å². The number of nitrogens with one attached hydrogen (secondary N) is 1. The Labute approximate surface area is 171 Å². The first-order valence-corrected chi connectivity index (χ1v) is 10.3. The number of nitrogens with two attached hydrogens (primary N) is 1. The smallest absolute Gasteiger partial charge is 0.241 e. The molecule has 2 heterocycles. The maximum Gasteiger partial charge on any atom is 0.241 e. The molecule has 6 heteroatoms. The summed E-state index contributed by atoms with van der Waals surface area (Å²) < 4.78 is 0. The molecule has 4 rings (SSSR count). The lowest BCUT2D eigenvalue weighted by atomic mass is 9.95. The molecule has 2 aromatic carbocycles. The molecule has 6 nitrogen and oxygen atoms in total. The van der Waals surface area contributed by atoms with E-state index in [0.29, 0.717) is 18.7 Å². The summed E-state index contributed by atoms with van der Waals surface area (Å²) in [7, 11) is 0. The summed E-state index contributed by atoms with van der Waals surface area (Å²) >= 11 is 0. The van der Waals surface area contributed by atoms with Crippen LogP contribution < -0.4 is 16.0 Å². The van der Waals surface area contributed by atoms with Crippen LogP contribution in [-0.2, 0) is 9.59 Å². The maximum absolute atomic E-state index is 12.9. The van der Waals surface area contributed by atoms with Crippen molar-refractivity contribution in [2.75, 3.05) is 29.9 Å². The van der Waals surface area contributed by atoms with Gasteiger partial charge >= 0.3 is 0 Å². The highest BCUT2D eigenvalue weighted by atomic mass is 16.2. The third kappa shape index (κ3) is 4.18. The highest BCUT2D eigenvalue weighted by Gasteiger charge is 2.35. The van der Waals surface area contributed by atoms with Crippen molar-refractivity contribution in [2.45, 2.75) is 37.8 Å². The zero-order valence-electron chi connectivity index (χ0n) is 16.8. The van der Waals surface area contributed by atoms with E-state index >= 15 is 0 Å². The molecule has 2 aliphatic heterocycles. The molecule has 2 fully saturated rings. The maximum atomic E-state index is 12.9. The zero-order valence-corrected chi connectivity index (χ0v) is 16.8. The van der Waals surface area contributed by atoms with Gasteiger partial charge in [-0.15, -0.1) is 0 Å². The number of carbonyl (C=O) groups is 2. The van der Waals surface area contributed by atoms with Gasteiger partial charge in [-0.25, -0.2) is 0 Å². The van der Waals surface area contributed by atoms with Crippen LogP contribution in [0.4, 0.5) is 11.4 Å². The first kappa shape index (κ1) is 19.6. The van der Waals surface area contributed by atoms with E-state index in [-0.39, 0.29) is 29.8 Å². The van der Waals surface area contributed by atoms with E-state index in [4.69, 9.17) is 5.73 Å². The minimum atomic E-state index is -0.285. The predicted molar refractivity (Wildman–Crippen MR) is 115 cm³/mol. The zero-order chi connectivity index (χ0) is 20.4. The van der Waals surface area contributed by atoms with Crippen molar-refractivity contribution in [3.05, 3.63) is 60.2 Å². The summed E-state index contributed by atoms with van der Waals surface area (Å²) in [6, 6.07) is 17.5. The molecule has 3 atom stereocenters. The predicted octanol–water partition coefficient (Wildman–Crippen LogP) is 2.57. The van der Waals surface area contributed by atoms with E-state index in [9.17, 15) is 9.59 Å². The van der Waals surface area contributed by atoms with Crippen molar-refractivity contribution in [3.63, 3.8) is 0 Å². The fourth-order valence-electron chi connectivity index (χ4n) is 4.31. The lowest BCUT2D eigenvalue weighted by Crippen LogP contribution is -2.41. The second kappa shape index (κ2) is 8.35. The average Bonchev–Trinajstić information content (AvgIpc) is 3.34. The molecule has 2 aromatic rings. The highest BCUT2D eigenvalue weighted by molar-refractivity contribution is 5.98. The van der Waals surface area contributed by atoms with Gasteiger partial charge in [-0.1, -0.05) is 36.4 Å². The third-order valence-electron chi connectivity index (χ3n) is 6.05. The molecule has 2 amide bonds. The fraction of sp³-hybridized carbons (Fsp3) is 0.391. The van der Waals surface area contributed by atoms with Crippen molar-refractivity contribution < 1.29 is 9.59 Å². The summed E-state index contributed by atoms with van der Waals surface area (Å²) in [4.78, 5) is 28.8. The Bertz CT molecular complexity index is 885. The van der Waals surface area contributed by atoms with Crippen LogP contribution in [0.3, 0.4) is 0 Å². The largest absolute Gasteiger partial charge is 0.326 e. The summed E-state index contributed by atoms with van der Waals surface area (Å²) in [6.07, 6.45) is 1.47. The average molecular weight is 393 g/mol. The van der Waals surface area contributed by atoms with Crippen molar-refractivity contribution in [1.29, 1.82) is 0 Å². The van der Waals surface area contributed by atoms with Gasteiger partial charge in [-0.05, 0) is 37.1 Å². The summed E-state index contributed by atoms with van der Waals surface area (Å²) in [5.41, 5.74) is 9.15. The van der Waals surface area contributed by atoms with Crippen LogP contribution in [0.25, 0.3) is 0 Å². The Morgan fingerprint density at radius 2 is 1.93 bits per heavy atom. The molecule has 0 aliphatic carbocycles. The van der Waals surface area contributed by atoms with Gasteiger partial charge in [-0.2, -0.15) is 0 Å². The van der Waals surface area contributed by atoms with Gasteiger partial charge in [0.25, 0.3) is 0 Å². The third-order valence-corrected chi connectivity index (χ3v) is 6.05. The van der Waals surface area contributed by atoms with Crippen LogP contribution in [0, 0.1) is 0 Å². The lowest BCUT2D eigenvalue weighted by Gasteiger charge is -2.24. The number of benzene rings is 2. The lowest BCUT2D eigenvalue weighted by molar-refractivity contribution is -0.120. The van der Waals surface area contributed by atoms with E-state index < -0.39 is 0 Å². The molecule has 0 radical (unpaired) electrons. The second-order valence-electron chi connectivity index (χ2n) is 8.00. The van der Waals surface area contributed by atoms with Crippen molar-refractivity contribution in [3.8, 4) is 0 Å². The van der Waals surface area contributed by atoms with Crippen LogP contribution in [0.15, 0.2) is 54.6 Å². The Balaban J connectivity index is 1.41. The molecular formula is C23H28N4O2. The minimum absolute atomic E-state index is 0.0113. The van der Waals surface area contributed by atoms with Gasteiger partial charge < -0.3 is 16.0 Å². The molecule has 2 aliphatic rings. The molecule has 152 valence electrons. The van der Waals surface area contributed by atoms with Gasteiger partial charge in [0.1, 0.15) is 0 Å². The van der Waals surface area contributed by atoms with Gasteiger partial charge in [0.05, 0.1) is 6.04 Å². The standard InChI is InChI=1S/C23H28N4O2/c1-16(26-14-20(21(24)15-26)17-7-3-2-4-8-17)23(29)25-18-9-5-10-19(13-18)27-12-6-11-22(27)28/h2-5,7-10,13,16,20-21H,6,11-12,14-15,24H2,1H3,(H,25,29)/t16?,20-,21+/m0/s1. The molecule has 0 aromatic heterocycles. The number of carbonyl (C=O) groups excluding carboxylic acids is 2. The molecule has 0 bridgehead atoms. The summed E-state index contributed by atoms with van der Waals surface area (Å²) in [5, 5.41) is 3.01. The second-order valence-corrected chi connectivity index (χ2v) is 8.00. The van der Waals surface area contributed by atoms with E-state index in [1.54, 1.807) is 4.90 Å². The topological polar surface area (TPSA) is 78.7 Å². The van der Waals surface area contributed by atoms with Crippen molar-refractivity contribution in [1.82, 2.24) is 4.90 Å². The quantitative estimate of drug-likeness (QED) is 0.820. The fourth-order valence-corrected chi connectivity index (χ4v) is 4.31. The van der Waals surface area contributed by atoms with E-state index in [1.165, 1.54) is 5.56 Å². The van der Waals surface area contributed by atoms with Crippen LogP contribution in [-0.4, -0.2) is 48.4 Å². The Morgan fingerprint density at radius 3 is 2.66 bits per heavy atom. The number of hydrogen-bond donors (Lipinski definition) is 2. The molecule has 29 heavy (non-hydrogen) atoms.